The van der Waals surface area contributed by atoms with Gasteiger partial charge in [0.15, 0.2) is 6.61 Å². The van der Waals surface area contributed by atoms with Crippen molar-refractivity contribution in [2.45, 2.75) is 59.2 Å². The largest absolute Gasteiger partial charge is 0.484 e. The highest BCUT2D eigenvalue weighted by atomic mass is 35.5. The van der Waals surface area contributed by atoms with Gasteiger partial charge in [0.1, 0.15) is 11.8 Å². The molecular weight excluding hydrogens is 400 g/mol. The zero-order valence-electron chi connectivity index (χ0n) is 18.2. The van der Waals surface area contributed by atoms with E-state index in [0.29, 0.717) is 23.7 Å². The van der Waals surface area contributed by atoms with E-state index in [9.17, 15) is 9.59 Å². The Balaban J connectivity index is 2.21. The lowest BCUT2D eigenvalue weighted by molar-refractivity contribution is -0.143. The Morgan fingerprint density at radius 2 is 1.73 bits per heavy atom. The molecule has 5 nitrogen and oxygen atoms in total. The summed E-state index contributed by atoms with van der Waals surface area (Å²) in [5.74, 6) is 0.181. The summed E-state index contributed by atoms with van der Waals surface area (Å²) < 4.78 is 5.67. The molecule has 162 valence electrons. The number of carbonyl (C=O) groups excluding carboxylic acids is 2. The van der Waals surface area contributed by atoms with Gasteiger partial charge in [-0.3, -0.25) is 9.59 Å². The Bertz CT molecular complexity index is 839. The molecule has 0 aromatic heterocycles. The van der Waals surface area contributed by atoms with E-state index in [1.165, 1.54) is 0 Å². The van der Waals surface area contributed by atoms with Gasteiger partial charge in [-0.25, -0.2) is 0 Å². The van der Waals surface area contributed by atoms with Crippen LogP contribution in [0.5, 0.6) is 5.75 Å². The van der Waals surface area contributed by atoms with Crippen molar-refractivity contribution in [3.63, 3.8) is 0 Å². The lowest BCUT2D eigenvalue weighted by Gasteiger charge is -2.31. The molecule has 0 saturated heterocycles. The second-order valence-electron chi connectivity index (χ2n) is 7.43. The number of benzene rings is 2. The average Bonchev–Trinajstić information content (AvgIpc) is 2.74. The molecule has 2 aromatic carbocycles. The number of amides is 2. The van der Waals surface area contributed by atoms with Crippen LogP contribution in [0.15, 0.2) is 48.5 Å². The van der Waals surface area contributed by atoms with Gasteiger partial charge in [0.2, 0.25) is 5.91 Å². The molecule has 2 aromatic rings. The van der Waals surface area contributed by atoms with Crippen LogP contribution in [0.4, 0.5) is 0 Å². The van der Waals surface area contributed by atoms with E-state index in [0.717, 1.165) is 17.5 Å². The summed E-state index contributed by atoms with van der Waals surface area (Å²) in [7, 11) is 0. The van der Waals surface area contributed by atoms with E-state index in [1.807, 2.05) is 52.0 Å². The van der Waals surface area contributed by atoms with Crippen molar-refractivity contribution in [3.05, 3.63) is 64.7 Å². The first-order valence-corrected chi connectivity index (χ1v) is 10.8. The van der Waals surface area contributed by atoms with Gasteiger partial charge in [0, 0.05) is 17.6 Å². The molecule has 0 fully saturated rings. The van der Waals surface area contributed by atoms with Gasteiger partial charge in [-0.2, -0.15) is 0 Å². The number of nitrogens with zero attached hydrogens (tertiary/aromatic N) is 1. The Kier molecular flexibility index (Phi) is 9.18. The predicted molar refractivity (Wildman–Crippen MR) is 121 cm³/mol. The third kappa shape index (κ3) is 6.77. The van der Waals surface area contributed by atoms with Gasteiger partial charge in [-0.05, 0) is 62.1 Å². The standard InChI is InChI=1S/C24H31ClN2O3/c1-5-18(4)26-24(29)22(6-2)27(15-19-10-8-7-9-17(19)3)23(28)16-30-21-13-11-20(25)12-14-21/h7-14,18,22H,5-6,15-16H2,1-4H3,(H,26,29)/t18-,22-/m0/s1. The molecule has 6 heteroatoms. The molecule has 1 N–H and O–H groups in total. The molecule has 0 radical (unpaired) electrons. The molecule has 0 aliphatic heterocycles. The quantitative estimate of drug-likeness (QED) is 0.591. The molecule has 2 rings (SSSR count). The highest BCUT2D eigenvalue weighted by molar-refractivity contribution is 6.30. The Morgan fingerprint density at radius 3 is 2.33 bits per heavy atom. The fraction of sp³-hybridized carbons (Fsp3) is 0.417. The Labute approximate surface area is 184 Å². The van der Waals surface area contributed by atoms with Crippen molar-refractivity contribution in [2.75, 3.05) is 6.61 Å². The summed E-state index contributed by atoms with van der Waals surface area (Å²) >= 11 is 5.90. The maximum Gasteiger partial charge on any atom is 0.261 e. The normalized spacial score (nSPS) is 12.7. The number of hydrogen-bond donors (Lipinski definition) is 1. The van der Waals surface area contributed by atoms with E-state index in [1.54, 1.807) is 29.2 Å². The fourth-order valence-electron chi connectivity index (χ4n) is 3.09. The van der Waals surface area contributed by atoms with Crippen LogP contribution < -0.4 is 10.1 Å². The van der Waals surface area contributed by atoms with E-state index in [2.05, 4.69) is 5.32 Å². The maximum absolute atomic E-state index is 13.2. The van der Waals surface area contributed by atoms with Gasteiger partial charge >= 0.3 is 0 Å². The van der Waals surface area contributed by atoms with Crippen molar-refractivity contribution in [2.24, 2.45) is 0 Å². The monoisotopic (exact) mass is 430 g/mol. The van der Waals surface area contributed by atoms with Crippen LogP contribution in [0.25, 0.3) is 0 Å². The first kappa shape index (κ1) is 23.7. The first-order valence-electron chi connectivity index (χ1n) is 10.4. The van der Waals surface area contributed by atoms with E-state index in [4.69, 9.17) is 16.3 Å². The SMILES string of the molecule is CC[C@H](C)NC(=O)[C@H](CC)N(Cc1ccccc1C)C(=O)COc1ccc(Cl)cc1. The number of carbonyl (C=O) groups is 2. The Morgan fingerprint density at radius 1 is 1.07 bits per heavy atom. The molecule has 0 bridgehead atoms. The average molecular weight is 431 g/mol. The molecule has 0 saturated carbocycles. The zero-order valence-corrected chi connectivity index (χ0v) is 18.9. The van der Waals surface area contributed by atoms with Gasteiger partial charge < -0.3 is 15.0 Å². The van der Waals surface area contributed by atoms with Crippen molar-refractivity contribution in [1.29, 1.82) is 0 Å². The molecule has 0 heterocycles. The number of aryl methyl sites for hydroxylation is 1. The van der Waals surface area contributed by atoms with Crippen molar-refractivity contribution in [3.8, 4) is 5.75 Å². The van der Waals surface area contributed by atoms with Crippen LogP contribution in [0.3, 0.4) is 0 Å². The van der Waals surface area contributed by atoms with E-state index in [-0.39, 0.29) is 24.5 Å². The molecule has 0 aliphatic carbocycles. The molecule has 2 amide bonds. The van der Waals surface area contributed by atoms with Gasteiger partial charge in [-0.15, -0.1) is 0 Å². The minimum Gasteiger partial charge on any atom is -0.484 e. The predicted octanol–water partition coefficient (Wildman–Crippen LogP) is 4.75. The molecule has 2 atom stereocenters. The van der Waals surface area contributed by atoms with Crippen LogP contribution in [0.1, 0.15) is 44.7 Å². The van der Waals surface area contributed by atoms with Crippen LogP contribution in [-0.2, 0) is 16.1 Å². The second kappa shape index (κ2) is 11.6. The van der Waals surface area contributed by atoms with E-state index >= 15 is 0 Å². The Hall–Kier alpha value is -2.53. The number of nitrogens with one attached hydrogen (secondary N) is 1. The van der Waals surface area contributed by atoms with Crippen molar-refractivity contribution >= 4 is 23.4 Å². The summed E-state index contributed by atoms with van der Waals surface area (Å²) in [5, 5.41) is 3.61. The highest BCUT2D eigenvalue weighted by Gasteiger charge is 2.29. The smallest absolute Gasteiger partial charge is 0.261 e. The fourth-order valence-corrected chi connectivity index (χ4v) is 3.22. The number of ether oxygens (including phenoxy) is 1. The zero-order chi connectivity index (χ0) is 22.1. The van der Waals surface area contributed by atoms with Gasteiger partial charge in [0.25, 0.3) is 5.91 Å². The molecule has 30 heavy (non-hydrogen) atoms. The lowest BCUT2D eigenvalue weighted by Crippen LogP contribution is -2.51. The number of hydrogen-bond acceptors (Lipinski definition) is 3. The second-order valence-corrected chi connectivity index (χ2v) is 7.87. The summed E-state index contributed by atoms with van der Waals surface area (Å²) in [6, 6.07) is 14.2. The third-order valence-electron chi connectivity index (χ3n) is 5.16. The van der Waals surface area contributed by atoms with Gasteiger partial charge in [-0.1, -0.05) is 49.7 Å². The lowest BCUT2D eigenvalue weighted by atomic mass is 10.1. The van der Waals surface area contributed by atoms with Crippen LogP contribution in [-0.4, -0.2) is 35.4 Å². The molecule has 0 unspecified atom stereocenters. The maximum atomic E-state index is 13.2. The van der Waals surface area contributed by atoms with E-state index < -0.39 is 6.04 Å². The topological polar surface area (TPSA) is 58.6 Å². The summed E-state index contributed by atoms with van der Waals surface area (Å²) in [6.45, 7) is 8.09. The first-order chi connectivity index (χ1) is 14.3. The highest BCUT2D eigenvalue weighted by Crippen LogP contribution is 2.18. The molecule has 0 aliphatic rings. The van der Waals surface area contributed by atoms with Crippen LogP contribution in [0.2, 0.25) is 5.02 Å². The van der Waals surface area contributed by atoms with Crippen LogP contribution >= 0.6 is 11.6 Å². The summed E-state index contributed by atoms with van der Waals surface area (Å²) in [6.07, 6.45) is 1.34. The van der Waals surface area contributed by atoms with Crippen LogP contribution in [0, 0.1) is 6.92 Å². The van der Waals surface area contributed by atoms with Gasteiger partial charge in [0.05, 0.1) is 0 Å². The summed E-state index contributed by atoms with van der Waals surface area (Å²) in [4.78, 5) is 27.7. The van der Waals surface area contributed by atoms with Crippen molar-refractivity contribution < 1.29 is 14.3 Å². The number of halogens is 1. The van der Waals surface area contributed by atoms with Crippen molar-refractivity contribution in [1.82, 2.24) is 10.2 Å². The third-order valence-corrected chi connectivity index (χ3v) is 5.42. The molecular formula is C24H31ClN2O3. The minimum absolute atomic E-state index is 0.0484. The number of rotatable bonds is 10. The summed E-state index contributed by atoms with van der Waals surface area (Å²) in [5.41, 5.74) is 2.08. The minimum atomic E-state index is -0.570. The molecule has 0 spiro atoms.